The molecule has 2 aromatic carbocycles. The van der Waals surface area contributed by atoms with Gasteiger partial charge in [-0.2, -0.15) is 0 Å². The lowest BCUT2D eigenvalue weighted by Crippen LogP contribution is -2.23. The molecule has 0 aliphatic rings. The summed E-state index contributed by atoms with van der Waals surface area (Å²) in [4.78, 5) is 15.1. The molecule has 3 aromatic rings. The van der Waals surface area contributed by atoms with Gasteiger partial charge in [0.15, 0.2) is 12.4 Å². The number of hydrogen-bond acceptors (Lipinski definition) is 1. The van der Waals surface area contributed by atoms with E-state index in [1.54, 1.807) is 0 Å². The summed E-state index contributed by atoms with van der Waals surface area (Å²) in [6.07, 6.45) is 3.71. The summed E-state index contributed by atoms with van der Waals surface area (Å²) in [6, 6.07) is 21.7. The molecule has 0 aliphatic carbocycles. The van der Waals surface area contributed by atoms with Crippen molar-refractivity contribution >= 4 is 5.91 Å². The Balaban J connectivity index is 1.66. The van der Waals surface area contributed by atoms with Crippen LogP contribution in [0.15, 0.2) is 79.1 Å². The SMILES string of the molecule is O=C(NCc1ccc[nH+]c1)c1ccc(-c2ccccc2)cc1. The fourth-order valence-electron chi connectivity index (χ4n) is 2.27. The predicted octanol–water partition coefficient (Wildman–Crippen LogP) is 3.10. The Morgan fingerprint density at radius 1 is 0.864 bits per heavy atom. The van der Waals surface area contributed by atoms with Crippen molar-refractivity contribution in [3.63, 3.8) is 0 Å². The van der Waals surface area contributed by atoms with Crippen molar-refractivity contribution in [2.24, 2.45) is 0 Å². The molecule has 22 heavy (non-hydrogen) atoms. The van der Waals surface area contributed by atoms with E-state index in [1.807, 2.05) is 67.0 Å². The highest BCUT2D eigenvalue weighted by atomic mass is 16.1. The number of benzene rings is 2. The molecule has 3 nitrogen and oxygen atoms in total. The number of aromatic nitrogens is 1. The molecule has 0 spiro atoms. The third-order valence-corrected chi connectivity index (χ3v) is 3.48. The highest BCUT2D eigenvalue weighted by Gasteiger charge is 2.06. The van der Waals surface area contributed by atoms with E-state index in [1.165, 1.54) is 0 Å². The van der Waals surface area contributed by atoms with E-state index in [0.29, 0.717) is 12.1 Å². The molecular formula is C19H17N2O+. The Morgan fingerprint density at radius 3 is 2.27 bits per heavy atom. The highest BCUT2D eigenvalue weighted by molar-refractivity contribution is 5.94. The van der Waals surface area contributed by atoms with Gasteiger partial charge in [0.2, 0.25) is 0 Å². The molecule has 1 aromatic heterocycles. The zero-order valence-corrected chi connectivity index (χ0v) is 12.1. The minimum absolute atomic E-state index is 0.0662. The van der Waals surface area contributed by atoms with Crippen LogP contribution in [0.3, 0.4) is 0 Å². The molecule has 0 radical (unpaired) electrons. The molecule has 0 fully saturated rings. The van der Waals surface area contributed by atoms with Crippen LogP contribution in [-0.4, -0.2) is 5.91 Å². The van der Waals surface area contributed by atoms with Gasteiger partial charge >= 0.3 is 0 Å². The van der Waals surface area contributed by atoms with Gasteiger partial charge in [0, 0.05) is 23.7 Å². The minimum Gasteiger partial charge on any atom is -0.348 e. The van der Waals surface area contributed by atoms with E-state index in [9.17, 15) is 4.79 Å². The van der Waals surface area contributed by atoms with Crippen LogP contribution < -0.4 is 10.3 Å². The number of aromatic amines is 1. The first kappa shape index (κ1) is 14.0. The molecule has 0 saturated carbocycles. The zero-order chi connectivity index (χ0) is 15.2. The number of amides is 1. The molecule has 1 amide bonds. The summed E-state index contributed by atoms with van der Waals surface area (Å²) < 4.78 is 0. The highest BCUT2D eigenvalue weighted by Crippen LogP contribution is 2.19. The van der Waals surface area contributed by atoms with Gasteiger partial charge in [-0.3, -0.25) is 4.79 Å². The summed E-state index contributed by atoms with van der Waals surface area (Å²) in [6.45, 7) is 0.511. The van der Waals surface area contributed by atoms with Crippen LogP contribution in [0.4, 0.5) is 0 Å². The van der Waals surface area contributed by atoms with E-state index in [-0.39, 0.29) is 5.91 Å². The topological polar surface area (TPSA) is 43.2 Å². The average molecular weight is 289 g/mol. The van der Waals surface area contributed by atoms with E-state index in [0.717, 1.165) is 16.7 Å². The average Bonchev–Trinajstić information content (AvgIpc) is 2.61. The Morgan fingerprint density at radius 2 is 1.59 bits per heavy atom. The van der Waals surface area contributed by atoms with Gasteiger partial charge in [-0.15, -0.1) is 0 Å². The minimum atomic E-state index is -0.0662. The van der Waals surface area contributed by atoms with E-state index >= 15 is 0 Å². The molecule has 3 heteroatoms. The Labute approximate surface area is 129 Å². The maximum atomic E-state index is 12.1. The fourth-order valence-corrected chi connectivity index (χ4v) is 2.27. The number of carbonyl (C=O) groups is 1. The van der Waals surface area contributed by atoms with Gasteiger partial charge in [-0.1, -0.05) is 42.5 Å². The lowest BCUT2D eigenvalue weighted by Gasteiger charge is -2.06. The first-order valence-electron chi connectivity index (χ1n) is 7.21. The largest absolute Gasteiger partial charge is 0.348 e. The number of carbonyl (C=O) groups excluding carboxylic acids is 1. The fraction of sp³-hybridized carbons (Fsp3) is 0.0526. The summed E-state index contributed by atoms with van der Waals surface area (Å²) in [7, 11) is 0. The molecule has 0 atom stereocenters. The van der Waals surface area contributed by atoms with Crippen LogP contribution in [0.25, 0.3) is 11.1 Å². The van der Waals surface area contributed by atoms with Gasteiger partial charge in [0.1, 0.15) is 0 Å². The molecule has 3 rings (SSSR count). The second kappa shape index (κ2) is 6.68. The first-order valence-corrected chi connectivity index (χ1v) is 7.21. The molecule has 0 aliphatic heterocycles. The van der Waals surface area contributed by atoms with Gasteiger partial charge in [0.05, 0.1) is 0 Å². The third kappa shape index (κ3) is 3.38. The van der Waals surface area contributed by atoms with E-state index < -0.39 is 0 Å². The number of hydrogen-bond donors (Lipinski definition) is 1. The summed E-state index contributed by atoms with van der Waals surface area (Å²) in [5, 5.41) is 2.92. The quantitative estimate of drug-likeness (QED) is 0.788. The Hall–Kier alpha value is -2.94. The lowest BCUT2D eigenvalue weighted by atomic mass is 10.0. The predicted molar refractivity (Wildman–Crippen MR) is 86.0 cm³/mol. The van der Waals surface area contributed by atoms with Crippen LogP contribution in [0.5, 0.6) is 0 Å². The number of nitrogens with one attached hydrogen (secondary N) is 2. The maximum Gasteiger partial charge on any atom is 0.251 e. The number of rotatable bonds is 4. The van der Waals surface area contributed by atoms with Crippen LogP contribution in [-0.2, 0) is 6.54 Å². The van der Waals surface area contributed by atoms with Gasteiger partial charge in [-0.05, 0) is 29.3 Å². The molecule has 2 N–H and O–H groups in total. The smallest absolute Gasteiger partial charge is 0.251 e. The molecule has 0 unspecified atom stereocenters. The monoisotopic (exact) mass is 289 g/mol. The van der Waals surface area contributed by atoms with Crippen LogP contribution >= 0.6 is 0 Å². The van der Waals surface area contributed by atoms with Crippen LogP contribution in [0.2, 0.25) is 0 Å². The summed E-state index contributed by atoms with van der Waals surface area (Å²) in [5.74, 6) is -0.0662. The Bertz CT molecular complexity index is 737. The van der Waals surface area contributed by atoms with Crippen molar-refractivity contribution in [3.05, 3.63) is 90.3 Å². The normalized spacial score (nSPS) is 10.2. The van der Waals surface area contributed by atoms with Crippen molar-refractivity contribution in [1.29, 1.82) is 0 Å². The van der Waals surface area contributed by atoms with Gasteiger partial charge in [-0.25, -0.2) is 4.98 Å². The number of pyridine rings is 1. The zero-order valence-electron chi connectivity index (χ0n) is 12.1. The molecule has 108 valence electrons. The lowest BCUT2D eigenvalue weighted by molar-refractivity contribution is -0.378. The van der Waals surface area contributed by atoms with E-state index in [2.05, 4.69) is 22.4 Å². The summed E-state index contributed by atoms with van der Waals surface area (Å²) in [5.41, 5.74) is 3.96. The van der Waals surface area contributed by atoms with Crippen LogP contribution in [0.1, 0.15) is 15.9 Å². The van der Waals surface area contributed by atoms with Crippen molar-refractivity contribution in [2.75, 3.05) is 0 Å². The summed E-state index contributed by atoms with van der Waals surface area (Å²) >= 11 is 0. The first-order chi connectivity index (χ1) is 10.8. The van der Waals surface area contributed by atoms with E-state index in [4.69, 9.17) is 0 Å². The van der Waals surface area contributed by atoms with Crippen LogP contribution in [0, 0.1) is 0 Å². The van der Waals surface area contributed by atoms with Gasteiger partial charge < -0.3 is 5.32 Å². The van der Waals surface area contributed by atoms with Crippen molar-refractivity contribution in [2.45, 2.75) is 6.54 Å². The van der Waals surface area contributed by atoms with Crippen molar-refractivity contribution in [3.8, 4) is 11.1 Å². The van der Waals surface area contributed by atoms with Gasteiger partial charge in [0.25, 0.3) is 5.91 Å². The molecular weight excluding hydrogens is 272 g/mol. The second-order valence-electron chi connectivity index (χ2n) is 5.04. The molecule has 0 saturated heterocycles. The van der Waals surface area contributed by atoms with Crippen molar-refractivity contribution < 1.29 is 9.78 Å². The second-order valence-corrected chi connectivity index (χ2v) is 5.04. The standard InChI is InChI=1S/C19H16N2O/c22-19(21-14-15-5-4-12-20-13-15)18-10-8-17(9-11-18)16-6-2-1-3-7-16/h1-13H,14H2,(H,21,22)/p+1. The maximum absolute atomic E-state index is 12.1. The molecule has 0 bridgehead atoms. The number of H-pyrrole nitrogens is 1. The third-order valence-electron chi connectivity index (χ3n) is 3.48. The Kier molecular flexibility index (Phi) is 4.25. The van der Waals surface area contributed by atoms with Crippen molar-refractivity contribution in [1.82, 2.24) is 5.32 Å². The molecule has 1 heterocycles.